The molecule has 1 aromatic heterocycles. The molecule has 1 aliphatic rings. The van der Waals surface area contributed by atoms with Gasteiger partial charge in [0.2, 0.25) is 0 Å². The number of hydrogen-bond donors (Lipinski definition) is 1. The molecule has 1 fully saturated rings. The molecule has 17 heavy (non-hydrogen) atoms. The Morgan fingerprint density at radius 1 is 1.24 bits per heavy atom. The van der Waals surface area contributed by atoms with Crippen molar-refractivity contribution in [3.8, 4) is 0 Å². The van der Waals surface area contributed by atoms with Crippen LogP contribution in [0, 0.1) is 0 Å². The van der Waals surface area contributed by atoms with Crippen LogP contribution in [0.2, 0.25) is 0 Å². The Kier molecular flexibility index (Phi) is 2.84. The average Bonchev–Trinajstić information content (AvgIpc) is 2.96. The quantitative estimate of drug-likeness (QED) is 0.882. The van der Waals surface area contributed by atoms with Crippen LogP contribution in [0.5, 0.6) is 0 Å². The molecule has 0 bridgehead atoms. The number of hydrogen-bond acceptors (Lipinski definition) is 4. The summed E-state index contributed by atoms with van der Waals surface area (Å²) in [5.41, 5.74) is 6.95. The minimum atomic E-state index is -0.196. The number of nitrogens with two attached hydrogens (primary N) is 1. The van der Waals surface area contributed by atoms with Gasteiger partial charge >= 0.3 is 0 Å². The summed E-state index contributed by atoms with van der Waals surface area (Å²) in [6, 6.07) is 9.67. The van der Waals surface area contributed by atoms with E-state index in [-0.39, 0.29) is 12.3 Å². The molecule has 3 rings (SSSR count). The minimum Gasteiger partial charge on any atom is -0.459 e. The van der Waals surface area contributed by atoms with Crippen molar-refractivity contribution in [2.24, 2.45) is 5.73 Å². The van der Waals surface area contributed by atoms with Crippen molar-refractivity contribution in [2.75, 3.05) is 13.2 Å². The van der Waals surface area contributed by atoms with Crippen molar-refractivity contribution in [2.45, 2.75) is 18.8 Å². The van der Waals surface area contributed by atoms with Crippen LogP contribution in [-0.2, 0) is 9.47 Å². The lowest BCUT2D eigenvalue weighted by Gasteiger charge is -2.13. The van der Waals surface area contributed by atoms with Gasteiger partial charge in [-0.3, -0.25) is 0 Å². The summed E-state index contributed by atoms with van der Waals surface area (Å²) in [5, 5.41) is 1.08. The smallest absolute Gasteiger partial charge is 0.159 e. The van der Waals surface area contributed by atoms with Crippen molar-refractivity contribution >= 4 is 11.0 Å². The van der Waals surface area contributed by atoms with Crippen molar-refractivity contribution in [1.29, 1.82) is 0 Å². The molecule has 0 saturated carbocycles. The highest BCUT2D eigenvalue weighted by Gasteiger charge is 2.22. The molecular formula is C13H15NO3. The van der Waals surface area contributed by atoms with Crippen LogP contribution in [0.3, 0.4) is 0 Å². The Labute approximate surface area is 99.3 Å². The number of rotatable bonds is 3. The largest absolute Gasteiger partial charge is 0.459 e. The van der Waals surface area contributed by atoms with Gasteiger partial charge < -0.3 is 19.6 Å². The Hall–Kier alpha value is -1.36. The van der Waals surface area contributed by atoms with Gasteiger partial charge in [0.05, 0.1) is 19.3 Å². The third-order valence-corrected chi connectivity index (χ3v) is 2.95. The van der Waals surface area contributed by atoms with Gasteiger partial charge in [0.15, 0.2) is 6.29 Å². The fraction of sp³-hybridized carbons (Fsp3) is 0.385. The molecule has 0 amide bonds. The maximum absolute atomic E-state index is 6.08. The summed E-state index contributed by atoms with van der Waals surface area (Å²) in [5.74, 6) is 0.783. The third kappa shape index (κ3) is 2.20. The monoisotopic (exact) mass is 233 g/mol. The third-order valence-electron chi connectivity index (χ3n) is 2.95. The number of ether oxygens (including phenoxy) is 2. The predicted molar refractivity (Wildman–Crippen MR) is 63.5 cm³/mol. The van der Waals surface area contributed by atoms with E-state index in [9.17, 15) is 0 Å². The first-order chi connectivity index (χ1) is 8.33. The minimum absolute atomic E-state index is 0.189. The van der Waals surface area contributed by atoms with E-state index < -0.39 is 0 Å². The van der Waals surface area contributed by atoms with E-state index in [4.69, 9.17) is 19.6 Å². The second-order valence-corrected chi connectivity index (χ2v) is 4.20. The van der Waals surface area contributed by atoms with Crippen molar-refractivity contribution in [1.82, 2.24) is 0 Å². The molecule has 1 aromatic carbocycles. The van der Waals surface area contributed by atoms with Crippen LogP contribution in [-0.4, -0.2) is 19.5 Å². The van der Waals surface area contributed by atoms with E-state index in [1.165, 1.54) is 0 Å². The number of para-hydroxylation sites is 1. The summed E-state index contributed by atoms with van der Waals surface area (Å²) >= 11 is 0. The lowest BCUT2D eigenvalue weighted by atomic mass is 10.1. The fourth-order valence-electron chi connectivity index (χ4n) is 2.05. The van der Waals surface area contributed by atoms with E-state index in [1.807, 2.05) is 30.3 Å². The predicted octanol–water partition coefficient (Wildman–Crippen LogP) is 2.20. The number of furan rings is 1. The molecule has 1 saturated heterocycles. The zero-order valence-corrected chi connectivity index (χ0v) is 9.46. The highest BCUT2D eigenvalue weighted by Crippen LogP contribution is 2.26. The topological polar surface area (TPSA) is 57.6 Å². The molecule has 90 valence electrons. The second-order valence-electron chi connectivity index (χ2n) is 4.20. The van der Waals surface area contributed by atoms with Gasteiger partial charge in [0.25, 0.3) is 0 Å². The number of benzene rings is 1. The fourth-order valence-corrected chi connectivity index (χ4v) is 2.05. The van der Waals surface area contributed by atoms with Crippen LogP contribution >= 0.6 is 0 Å². The molecule has 4 nitrogen and oxygen atoms in total. The van der Waals surface area contributed by atoms with Gasteiger partial charge in [-0.15, -0.1) is 0 Å². The van der Waals surface area contributed by atoms with Crippen molar-refractivity contribution in [3.05, 3.63) is 36.1 Å². The second kappa shape index (κ2) is 4.49. The first kappa shape index (κ1) is 10.8. The average molecular weight is 233 g/mol. The van der Waals surface area contributed by atoms with Gasteiger partial charge in [-0.2, -0.15) is 0 Å². The Balaban J connectivity index is 1.77. The standard InChI is InChI=1S/C13H15NO3/c14-10(8-13-15-5-6-16-13)12-7-9-3-1-2-4-11(9)17-12/h1-4,7,10,13H,5-6,8,14H2. The van der Waals surface area contributed by atoms with Gasteiger partial charge in [0, 0.05) is 11.8 Å². The Bertz CT molecular complexity index is 469. The summed E-state index contributed by atoms with van der Waals surface area (Å²) in [4.78, 5) is 0. The van der Waals surface area contributed by atoms with Crippen molar-refractivity contribution in [3.63, 3.8) is 0 Å². The molecule has 1 atom stereocenters. The summed E-state index contributed by atoms with van der Waals surface area (Å²) in [7, 11) is 0. The van der Waals surface area contributed by atoms with Gasteiger partial charge in [-0.05, 0) is 12.1 Å². The molecule has 2 N–H and O–H groups in total. The van der Waals surface area contributed by atoms with Crippen LogP contribution in [0.1, 0.15) is 18.2 Å². The lowest BCUT2D eigenvalue weighted by Crippen LogP contribution is -2.18. The van der Waals surface area contributed by atoms with Gasteiger partial charge in [-0.1, -0.05) is 18.2 Å². The van der Waals surface area contributed by atoms with Gasteiger partial charge in [0.1, 0.15) is 11.3 Å². The zero-order chi connectivity index (χ0) is 11.7. The maximum Gasteiger partial charge on any atom is 0.159 e. The number of fused-ring (bicyclic) bond motifs is 1. The van der Waals surface area contributed by atoms with Crippen LogP contribution < -0.4 is 5.73 Å². The maximum atomic E-state index is 6.08. The Morgan fingerprint density at radius 2 is 2.00 bits per heavy atom. The SMILES string of the molecule is NC(CC1OCCO1)c1cc2ccccc2o1. The highest BCUT2D eigenvalue weighted by atomic mass is 16.7. The zero-order valence-electron chi connectivity index (χ0n) is 9.46. The first-order valence-electron chi connectivity index (χ1n) is 5.80. The van der Waals surface area contributed by atoms with E-state index in [0.29, 0.717) is 19.6 Å². The molecule has 2 aromatic rings. The van der Waals surface area contributed by atoms with E-state index in [1.54, 1.807) is 0 Å². The summed E-state index contributed by atoms with van der Waals surface area (Å²) in [6.07, 6.45) is 0.429. The molecule has 0 spiro atoms. The molecule has 4 heteroatoms. The first-order valence-corrected chi connectivity index (χ1v) is 5.80. The van der Waals surface area contributed by atoms with Crippen LogP contribution in [0.25, 0.3) is 11.0 Å². The molecule has 2 heterocycles. The molecule has 1 aliphatic heterocycles. The summed E-state index contributed by atoms with van der Waals surface area (Å²) < 4.78 is 16.5. The lowest BCUT2D eigenvalue weighted by molar-refractivity contribution is -0.0517. The van der Waals surface area contributed by atoms with E-state index >= 15 is 0 Å². The molecule has 1 unspecified atom stereocenters. The molecule has 0 aliphatic carbocycles. The van der Waals surface area contributed by atoms with E-state index in [0.717, 1.165) is 16.7 Å². The highest BCUT2D eigenvalue weighted by molar-refractivity contribution is 5.77. The summed E-state index contributed by atoms with van der Waals surface area (Å²) in [6.45, 7) is 1.30. The van der Waals surface area contributed by atoms with Crippen molar-refractivity contribution < 1.29 is 13.9 Å². The van der Waals surface area contributed by atoms with E-state index in [2.05, 4.69) is 0 Å². The van der Waals surface area contributed by atoms with Crippen LogP contribution in [0.15, 0.2) is 34.7 Å². The normalized spacial score (nSPS) is 18.9. The Morgan fingerprint density at radius 3 is 2.76 bits per heavy atom. The van der Waals surface area contributed by atoms with Crippen LogP contribution in [0.4, 0.5) is 0 Å². The van der Waals surface area contributed by atoms with Gasteiger partial charge in [-0.25, -0.2) is 0 Å². The molecule has 0 radical (unpaired) electrons. The molecular weight excluding hydrogens is 218 g/mol.